The fourth-order valence-electron chi connectivity index (χ4n) is 5.78. The van der Waals surface area contributed by atoms with E-state index >= 15 is 0 Å². The Morgan fingerprint density at radius 2 is 1.84 bits per heavy atom. The van der Waals surface area contributed by atoms with Crippen LogP contribution in [-0.4, -0.2) is 62.4 Å². The highest BCUT2D eigenvalue weighted by Crippen LogP contribution is 2.35. The number of rotatable bonds is 7. The summed E-state index contributed by atoms with van der Waals surface area (Å²) in [4.78, 5) is 14.4. The number of amides is 1. The van der Waals surface area contributed by atoms with Gasteiger partial charge in [-0.2, -0.15) is 9.57 Å². The van der Waals surface area contributed by atoms with Crippen LogP contribution in [0.4, 0.5) is 11.4 Å². The monoisotopic (exact) mass is 538 g/mol. The maximum absolute atomic E-state index is 13.6. The molecule has 2 heterocycles. The van der Waals surface area contributed by atoms with Crippen LogP contribution in [0, 0.1) is 11.3 Å². The Labute approximate surface area is 226 Å². The van der Waals surface area contributed by atoms with Crippen LogP contribution in [0.1, 0.15) is 51.7 Å². The van der Waals surface area contributed by atoms with Crippen molar-refractivity contribution in [3.05, 3.63) is 53.6 Å². The molecule has 0 radical (unpaired) electrons. The summed E-state index contributed by atoms with van der Waals surface area (Å²) >= 11 is 0. The highest BCUT2D eigenvalue weighted by Gasteiger charge is 2.39. The van der Waals surface area contributed by atoms with E-state index < -0.39 is 10.0 Å². The average molecular weight is 539 g/mol. The largest absolute Gasteiger partial charge is 0.366 e. The van der Waals surface area contributed by atoms with Crippen LogP contribution in [0.25, 0.3) is 0 Å². The molecule has 204 valence electrons. The molecule has 0 saturated carbocycles. The number of para-hydroxylation sites is 1. The number of nitrogens with one attached hydrogen (secondary N) is 3. The minimum Gasteiger partial charge on any atom is -0.366 e. The van der Waals surface area contributed by atoms with Gasteiger partial charge in [0.05, 0.1) is 27.9 Å². The van der Waals surface area contributed by atoms with Crippen molar-refractivity contribution in [3.63, 3.8) is 0 Å². The number of hydrogen-bond donors (Lipinski definition) is 3. The van der Waals surface area contributed by atoms with Gasteiger partial charge in [0.15, 0.2) is 0 Å². The second-order valence-corrected chi connectivity index (χ2v) is 12.4. The molecule has 9 nitrogen and oxygen atoms in total. The molecule has 2 fully saturated rings. The van der Waals surface area contributed by atoms with Crippen molar-refractivity contribution in [2.75, 3.05) is 29.9 Å². The van der Waals surface area contributed by atoms with Crippen molar-refractivity contribution in [3.8, 4) is 6.07 Å². The molecule has 4 atom stereocenters. The number of nitriles is 1. The van der Waals surface area contributed by atoms with E-state index in [1.807, 2.05) is 32.0 Å². The van der Waals surface area contributed by atoms with Crippen LogP contribution in [-0.2, 0) is 21.4 Å². The highest BCUT2D eigenvalue weighted by atomic mass is 32.2. The van der Waals surface area contributed by atoms with Crippen molar-refractivity contribution < 1.29 is 13.2 Å². The van der Waals surface area contributed by atoms with Gasteiger partial charge in [0.1, 0.15) is 0 Å². The highest BCUT2D eigenvalue weighted by molar-refractivity contribution is 7.89. The summed E-state index contributed by atoms with van der Waals surface area (Å²) in [5.41, 5.74) is 3.04. The smallest absolute Gasteiger partial charge is 0.243 e. The molecule has 2 aromatic rings. The molecule has 2 aliphatic rings. The van der Waals surface area contributed by atoms with E-state index in [0.717, 1.165) is 36.3 Å². The van der Waals surface area contributed by atoms with Crippen LogP contribution in [0.2, 0.25) is 0 Å². The Morgan fingerprint density at radius 3 is 2.50 bits per heavy atom. The maximum atomic E-state index is 13.6. The fraction of sp³-hybridized carbons (Fsp3) is 0.500. The van der Waals surface area contributed by atoms with Gasteiger partial charge in [-0.25, -0.2) is 8.42 Å². The quantitative estimate of drug-likeness (QED) is 0.496. The molecule has 2 aromatic carbocycles. The summed E-state index contributed by atoms with van der Waals surface area (Å²) in [7, 11) is -3.80. The molecule has 3 unspecified atom stereocenters. The molecule has 0 aliphatic carbocycles. The van der Waals surface area contributed by atoms with Gasteiger partial charge in [0.25, 0.3) is 0 Å². The van der Waals surface area contributed by atoms with Gasteiger partial charge in [0, 0.05) is 50.7 Å². The van der Waals surface area contributed by atoms with Crippen LogP contribution in [0.3, 0.4) is 0 Å². The molecule has 0 aromatic heterocycles. The molecule has 2 saturated heterocycles. The van der Waals surface area contributed by atoms with Crippen molar-refractivity contribution in [2.24, 2.45) is 0 Å². The maximum Gasteiger partial charge on any atom is 0.243 e. The summed E-state index contributed by atoms with van der Waals surface area (Å²) in [6.45, 7) is 10.1. The lowest BCUT2D eigenvalue weighted by Gasteiger charge is -2.45. The van der Waals surface area contributed by atoms with Gasteiger partial charge in [0.2, 0.25) is 15.9 Å². The third-order valence-corrected chi connectivity index (χ3v) is 9.45. The lowest BCUT2D eigenvalue weighted by molar-refractivity contribution is -0.114. The van der Waals surface area contributed by atoms with Gasteiger partial charge in [-0.3, -0.25) is 4.79 Å². The van der Waals surface area contributed by atoms with E-state index in [2.05, 4.69) is 33.8 Å². The zero-order valence-electron chi connectivity index (χ0n) is 22.6. The lowest BCUT2D eigenvalue weighted by Crippen LogP contribution is -2.58. The third-order valence-electron chi connectivity index (χ3n) is 7.33. The summed E-state index contributed by atoms with van der Waals surface area (Å²) < 4.78 is 28.8. The third kappa shape index (κ3) is 6.18. The summed E-state index contributed by atoms with van der Waals surface area (Å²) in [5, 5.41) is 19.4. The standard InChI is InChI=1S/C28H38N6O3S/c1-19-13-25(11-12-30-19)31-16-24-8-6-10-27(32-22(4)35)28(24)33-17-20(2)34(21(3)18-33)38(36,37)26-9-5-7-23(14-26)15-29/h5-10,14,19-21,25,30-31H,11-13,16-18H2,1-4H3,(H,32,35)/t19?,20-,21?,25?/m0/s1. The van der Waals surface area contributed by atoms with Gasteiger partial charge >= 0.3 is 0 Å². The van der Waals surface area contributed by atoms with Gasteiger partial charge < -0.3 is 20.9 Å². The Morgan fingerprint density at radius 1 is 1.13 bits per heavy atom. The zero-order chi connectivity index (χ0) is 27.4. The first-order valence-corrected chi connectivity index (χ1v) is 14.7. The van der Waals surface area contributed by atoms with Crippen LogP contribution in [0.15, 0.2) is 47.4 Å². The van der Waals surface area contributed by atoms with E-state index in [0.29, 0.717) is 37.3 Å². The second-order valence-electron chi connectivity index (χ2n) is 10.5. The van der Waals surface area contributed by atoms with Gasteiger partial charge in [-0.1, -0.05) is 18.2 Å². The predicted molar refractivity (Wildman–Crippen MR) is 149 cm³/mol. The second kappa shape index (κ2) is 11.8. The zero-order valence-corrected chi connectivity index (χ0v) is 23.4. The lowest BCUT2D eigenvalue weighted by atomic mass is 9.99. The molecule has 2 aliphatic heterocycles. The summed E-state index contributed by atoms with van der Waals surface area (Å²) in [6, 6.07) is 14.3. The van der Waals surface area contributed by atoms with Crippen LogP contribution >= 0.6 is 0 Å². The minimum absolute atomic E-state index is 0.128. The number of piperidine rings is 1. The number of benzene rings is 2. The average Bonchev–Trinajstić information content (AvgIpc) is 2.86. The van der Waals surface area contributed by atoms with Crippen molar-refractivity contribution >= 4 is 27.3 Å². The molecule has 4 rings (SSSR count). The Hall–Kier alpha value is -2.97. The van der Waals surface area contributed by atoms with Crippen LogP contribution in [0.5, 0.6) is 0 Å². The number of sulfonamides is 1. The normalized spacial score (nSPS) is 24.6. The topological polar surface area (TPSA) is 118 Å². The number of carbonyl (C=O) groups is 1. The molecule has 38 heavy (non-hydrogen) atoms. The molecular weight excluding hydrogens is 500 g/mol. The molecule has 1 amide bonds. The van der Waals surface area contributed by atoms with Crippen molar-refractivity contribution in [1.82, 2.24) is 14.9 Å². The number of anilines is 2. The number of nitrogens with zero attached hydrogens (tertiary/aromatic N) is 3. The first-order chi connectivity index (χ1) is 18.1. The van der Waals surface area contributed by atoms with E-state index in [1.165, 1.54) is 13.0 Å². The number of carbonyl (C=O) groups excluding carboxylic acids is 1. The summed E-state index contributed by atoms with van der Waals surface area (Å²) in [6.07, 6.45) is 2.11. The van der Waals surface area contributed by atoms with Crippen molar-refractivity contribution in [2.45, 2.75) is 76.1 Å². The summed E-state index contributed by atoms with van der Waals surface area (Å²) in [5.74, 6) is -0.150. The molecule has 3 N–H and O–H groups in total. The first-order valence-electron chi connectivity index (χ1n) is 13.2. The van der Waals surface area contributed by atoms with E-state index in [4.69, 9.17) is 0 Å². The van der Waals surface area contributed by atoms with Crippen LogP contribution < -0.4 is 20.9 Å². The fourth-order valence-corrected chi connectivity index (χ4v) is 7.63. The van der Waals surface area contributed by atoms with E-state index in [-0.39, 0.29) is 22.9 Å². The molecule has 0 spiro atoms. The van der Waals surface area contributed by atoms with Crippen molar-refractivity contribution in [1.29, 1.82) is 5.26 Å². The molecule has 10 heteroatoms. The minimum atomic E-state index is -3.80. The van der Waals surface area contributed by atoms with Gasteiger partial charge in [-0.05, 0) is 70.0 Å². The first kappa shape index (κ1) is 28.0. The van der Waals surface area contributed by atoms with Gasteiger partial charge in [-0.15, -0.1) is 0 Å². The SMILES string of the molecule is CC(=O)Nc1cccc(CNC2CCNC(C)C2)c1N1CC(C)N(S(=O)(=O)c2cccc(C#N)c2)[C@@H](C)C1. The number of piperazine rings is 1. The predicted octanol–water partition coefficient (Wildman–Crippen LogP) is 3.03. The molecular formula is C28H38N6O3S. The molecule has 0 bridgehead atoms. The Bertz CT molecular complexity index is 1300. The number of hydrogen-bond acceptors (Lipinski definition) is 7. The van der Waals surface area contributed by atoms with E-state index in [1.54, 1.807) is 22.5 Å². The van der Waals surface area contributed by atoms with E-state index in [9.17, 15) is 18.5 Å². The Balaban J connectivity index is 1.61. The Kier molecular flexibility index (Phi) is 8.73.